The topological polar surface area (TPSA) is 212 Å². The molecule has 4 N–H and O–H groups in total. The Labute approximate surface area is 303 Å². The first-order valence-electron chi connectivity index (χ1n) is 18.6. The maximum absolute atomic E-state index is 14.4. The van der Waals surface area contributed by atoms with Gasteiger partial charge in [-0.25, -0.2) is 14.4 Å². The minimum absolute atomic E-state index is 0.00694. The molecule has 10 aliphatic rings. The van der Waals surface area contributed by atoms with Crippen LogP contribution in [0.1, 0.15) is 66.2 Å². The van der Waals surface area contributed by atoms with E-state index in [2.05, 4.69) is 0 Å². The van der Waals surface area contributed by atoms with Crippen molar-refractivity contribution in [3.63, 3.8) is 0 Å². The predicted octanol–water partition coefficient (Wildman–Crippen LogP) is 0.995. The molecule has 0 saturated heterocycles. The van der Waals surface area contributed by atoms with E-state index in [-0.39, 0.29) is 90.4 Å². The molecule has 3 heterocycles. The first-order chi connectivity index (χ1) is 24.9. The van der Waals surface area contributed by atoms with Gasteiger partial charge >= 0.3 is 29.8 Å². The summed E-state index contributed by atoms with van der Waals surface area (Å²) >= 11 is 0. The highest BCUT2D eigenvalue weighted by molar-refractivity contribution is 5.98. The summed E-state index contributed by atoms with van der Waals surface area (Å²) in [5.74, 6) is -8.71. The Hall–Kier alpha value is -3.85. The highest BCUT2D eigenvalue weighted by Crippen LogP contribution is 2.84. The molecule has 0 aromatic carbocycles. The number of aliphatic hydroxyl groups is 4. The Morgan fingerprint density at radius 3 is 2.21 bits per heavy atom. The summed E-state index contributed by atoms with van der Waals surface area (Å²) in [4.78, 5) is 66.3. The van der Waals surface area contributed by atoms with E-state index in [1.807, 2.05) is 6.92 Å². The second-order valence-corrected chi connectivity index (χ2v) is 17.6. The minimum Gasteiger partial charge on any atom is -0.461 e. The fourth-order valence-corrected chi connectivity index (χ4v) is 13.2. The zero-order valence-corrected chi connectivity index (χ0v) is 29.9. The number of carbonyl (C=O) groups is 5. The summed E-state index contributed by atoms with van der Waals surface area (Å²) in [6, 6.07) is 0. The van der Waals surface area contributed by atoms with Crippen molar-refractivity contribution in [2.75, 3.05) is 19.8 Å². The molecule has 0 unspecified atom stereocenters. The van der Waals surface area contributed by atoms with E-state index in [0.717, 1.165) is 0 Å². The molecule has 1 spiro atoms. The van der Waals surface area contributed by atoms with Gasteiger partial charge in [0.2, 0.25) is 0 Å². The molecule has 0 amide bonds. The molecular formula is C39H42O14. The van der Waals surface area contributed by atoms with Gasteiger partial charge in [-0.2, -0.15) is 0 Å². The standard InChI is InChI=1S/C39H42O14/c1-15-7-8-49-25(40)5-6-26(41)50-13-17-18-11-23-34(3,19-9-22(19)37(23,47)14-51-30(15)42)24-12-36(46)21-10-20(21)35(4)29(36)28(38(18,24)52-32(17)44)27-16(2)31(43)53-39(27,48)33(35)45/h7,19-24,33,45-48H,5-6,8-14H2,1-4H3/b15-7-/t19-,20-,21+,22+,23-,24+,33-,34+,35+,36+,37+,38+,39-/m1/s1. The Morgan fingerprint density at radius 1 is 0.774 bits per heavy atom. The number of hydrogen-bond acceptors (Lipinski definition) is 14. The molecule has 14 heteroatoms. The quantitative estimate of drug-likeness (QED) is 0.202. The van der Waals surface area contributed by atoms with Gasteiger partial charge in [0, 0.05) is 39.5 Å². The summed E-state index contributed by atoms with van der Waals surface area (Å²) in [5, 5.41) is 50.2. The summed E-state index contributed by atoms with van der Waals surface area (Å²) in [5.41, 5.74) is -5.72. The molecule has 14 nitrogen and oxygen atoms in total. The van der Waals surface area contributed by atoms with Crippen molar-refractivity contribution in [2.24, 2.45) is 46.3 Å². The zero-order valence-electron chi connectivity index (χ0n) is 29.9. The molecule has 3 aliphatic heterocycles. The van der Waals surface area contributed by atoms with Crippen LogP contribution in [0.3, 0.4) is 0 Å². The number of esters is 5. The lowest BCUT2D eigenvalue weighted by Gasteiger charge is -2.64. The first-order valence-corrected chi connectivity index (χ1v) is 18.6. The van der Waals surface area contributed by atoms with Crippen molar-refractivity contribution in [1.82, 2.24) is 0 Å². The monoisotopic (exact) mass is 734 g/mol. The number of aliphatic hydroxyl groups excluding tert-OH is 1. The number of rotatable bonds is 0. The SMILES string of the molecule is CC1=C2C3=C4[C@](C)([C@@H]5C[C@@H]5[C@@]4(O)C[C@@H]4[C@]35OC(=O)C3=C5C[C@H]5[C@](O)(COC(=O)/C(C)=C\COC(=O)CCC(=O)OC3)[C@H]3C[C@H]3[C@]45C)[C@@H](O)[C@]2(O)OC1=O. The van der Waals surface area contributed by atoms with Crippen LogP contribution in [0.25, 0.3) is 0 Å². The number of fused-ring (bicyclic) bond motifs is 9. The smallest absolute Gasteiger partial charge is 0.338 e. The van der Waals surface area contributed by atoms with Gasteiger partial charge in [0.25, 0.3) is 5.79 Å². The van der Waals surface area contributed by atoms with Crippen LogP contribution >= 0.6 is 0 Å². The van der Waals surface area contributed by atoms with E-state index in [1.165, 1.54) is 19.9 Å². The van der Waals surface area contributed by atoms with Crippen LogP contribution in [0.5, 0.6) is 0 Å². The summed E-state index contributed by atoms with van der Waals surface area (Å²) in [6.45, 7) is 5.65. The Bertz CT molecular complexity index is 2020. The largest absolute Gasteiger partial charge is 0.461 e. The van der Waals surface area contributed by atoms with Crippen molar-refractivity contribution < 1.29 is 68.1 Å². The Kier molecular flexibility index (Phi) is 6.27. The summed E-state index contributed by atoms with van der Waals surface area (Å²) in [7, 11) is 0. The summed E-state index contributed by atoms with van der Waals surface area (Å²) in [6.07, 6.45) is 0.362. The maximum Gasteiger partial charge on any atom is 0.338 e. The number of hydrogen-bond donors (Lipinski definition) is 4. The van der Waals surface area contributed by atoms with E-state index in [4.69, 9.17) is 23.7 Å². The minimum atomic E-state index is -2.51. The average molecular weight is 735 g/mol. The molecule has 13 atom stereocenters. The lowest BCUT2D eigenvalue weighted by Crippen LogP contribution is -2.69. The normalized spacial score (nSPS) is 51.7. The van der Waals surface area contributed by atoms with Gasteiger partial charge in [0.15, 0.2) is 5.60 Å². The number of carbonyl (C=O) groups excluding carboxylic acids is 5. The Balaban J connectivity index is 1.21. The van der Waals surface area contributed by atoms with Gasteiger partial charge in [0.05, 0.1) is 24.0 Å². The predicted molar refractivity (Wildman–Crippen MR) is 174 cm³/mol. The molecule has 53 heavy (non-hydrogen) atoms. The molecule has 2 bridgehead atoms. The molecule has 0 aromatic rings. The van der Waals surface area contributed by atoms with Crippen LogP contribution in [0.2, 0.25) is 0 Å². The van der Waals surface area contributed by atoms with Gasteiger partial charge in [-0.15, -0.1) is 0 Å². The molecule has 7 aliphatic carbocycles. The van der Waals surface area contributed by atoms with Gasteiger partial charge < -0.3 is 44.1 Å². The van der Waals surface area contributed by atoms with Gasteiger partial charge in [-0.05, 0) is 85.8 Å². The lowest BCUT2D eigenvalue weighted by atomic mass is 9.42. The van der Waals surface area contributed by atoms with E-state index in [1.54, 1.807) is 6.92 Å². The van der Waals surface area contributed by atoms with Crippen molar-refractivity contribution in [2.45, 2.75) is 94.9 Å². The van der Waals surface area contributed by atoms with Crippen molar-refractivity contribution in [3.05, 3.63) is 45.1 Å². The lowest BCUT2D eigenvalue weighted by molar-refractivity contribution is -0.244. The third-order valence-electron chi connectivity index (χ3n) is 15.6. The highest BCUT2D eigenvalue weighted by Gasteiger charge is 2.87. The van der Waals surface area contributed by atoms with Crippen LogP contribution in [0.4, 0.5) is 0 Å². The third-order valence-corrected chi connectivity index (χ3v) is 15.6. The second kappa shape index (κ2) is 9.87. The highest BCUT2D eigenvalue weighted by atomic mass is 16.7. The van der Waals surface area contributed by atoms with Crippen LogP contribution in [0, 0.1) is 46.3 Å². The van der Waals surface area contributed by atoms with Gasteiger partial charge in [0.1, 0.15) is 31.5 Å². The fraction of sp³-hybridized carbons (Fsp3) is 0.667. The van der Waals surface area contributed by atoms with Crippen LogP contribution in [-0.4, -0.2) is 98.8 Å². The molecular weight excluding hydrogens is 692 g/mol. The van der Waals surface area contributed by atoms with Gasteiger partial charge in [-0.3, -0.25) is 9.59 Å². The van der Waals surface area contributed by atoms with Crippen LogP contribution in [0.15, 0.2) is 45.1 Å². The summed E-state index contributed by atoms with van der Waals surface area (Å²) < 4.78 is 28.8. The maximum atomic E-state index is 14.4. The fourth-order valence-electron chi connectivity index (χ4n) is 13.2. The molecule has 5 fully saturated rings. The van der Waals surface area contributed by atoms with E-state index in [0.29, 0.717) is 24.0 Å². The van der Waals surface area contributed by atoms with Crippen molar-refractivity contribution in [1.29, 1.82) is 0 Å². The third kappa shape index (κ3) is 3.67. The molecule has 10 rings (SSSR count). The van der Waals surface area contributed by atoms with Crippen LogP contribution < -0.4 is 0 Å². The van der Waals surface area contributed by atoms with Crippen LogP contribution in [-0.2, 0) is 47.7 Å². The first kappa shape index (κ1) is 33.7. The molecule has 0 aromatic heterocycles. The molecule has 0 radical (unpaired) electrons. The van der Waals surface area contributed by atoms with E-state index < -0.39 is 87.8 Å². The van der Waals surface area contributed by atoms with Crippen molar-refractivity contribution in [3.8, 4) is 0 Å². The number of ether oxygens (including phenoxy) is 5. The average Bonchev–Trinajstić information content (AvgIpc) is 4.01. The zero-order chi connectivity index (χ0) is 37.6. The van der Waals surface area contributed by atoms with Crippen molar-refractivity contribution >= 4 is 29.8 Å². The molecule has 5 saturated carbocycles. The molecule has 282 valence electrons. The number of cyclic esters (lactones) is 3. The van der Waals surface area contributed by atoms with E-state index in [9.17, 15) is 44.4 Å². The van der Waals surface area contributed by atoms with Gasteiger partial charge in [-0.1, -0.05) is 13.8 Å². The second-order valence-electron chi connectivity index (χ2n) is 17.6. The van der Waals surface area contributed by atoms with E-state index >= 15 is 0 Å². The Morgan fingerprint density at radius 2 is 1.47 bits per heavy atom.